The monoisotopic (exact) mass is 364 g/mol. The molecule has 26 heavy (non-hydrogen) atoms. The van der Waals surface area contributed by atoms with Crippen LogP contribution >= 0.6 is 0 Å². The molecule has 0 bridgehead atoms. The summed E-state index contributed by atoms with van der Waals surface area (Å²) in [5, 5.41) is 4.18. The van der Waals surface area contributed by atoms with Gasteiger partial charge in [0.05, 0.1) is 21.3 Å². The predicted molar refractivity (Wildman–Crippen MR) is 94.5 cm³/mol. The van der Waals surface area contributed by atoms with Crippen LogP contribution in [0.15, 0.2) is 17.8 Å². The first-order valence-corrected chi connectivity index (χ1v) is 8.13. The van der Waals surface area contributed by atoms with E-state index in [1.54, 1.807) is 25.1 Å². The second-order valence-electron chi connectivity index (χ2n) is 5.92. The van der Waals surface area contributed by atoms with Crippen LogP contribution < -0.4 is 19.5 Å². The van der Waals surface area contributed by atoms with E-state index in [0.717, 1.165) is 5.06 Å². The average molecular weight is 364 g/mol. The normalized spacial score (nSPS) is 20.8. The van der Waals surface area contributed by atoms with Gasteiger partial charge in [0.15, 0.2) is 11.5 Å². The van der Waals surface area contributed by atoms with Gasteiger partial charge >= 0.3 is 11.9 Å². The molecule has 1 aliphatic rings. The molecule has 1 atom stereocenters. The van der Waals surface area contributed by atoms with Crippen LogP contribution in [0.2, 0.25) is 0 Å². The van der Waals surface area contributed by atoms with Gasteiger partial charge in [-0.25, -0.2) is 0 Å². The summed E-state index contributed by atoms with van der Waals surface area (Å²) in [5.41, 5.74) is 0.0588. The minimum Gasteiger partial charge on any atom is -0.493 e. The number of amides is 1. The highest BCUT2D eigenvalue weighted by Gasteiger charge is 2.46. The van der Waals surface area contributed by atoms with Gasteiger partial charge in [-0.05, 0) is 31.6 Å². The van der Waals surface area contributed by atoms with E-state index >= 15 is 0 Å². The van der Waals surface area contributed by atoms with Gasteiger partial charge < -0.3 is 24.4 Å². The zero-order valence-electron chi connectivity index (χ0n) is 15.8. The molecule has 0 spiro atoms. The molecule has 142 valence electrons. The molecule has 2 rings (SSSR count). The van der Waals surface area contributed by atoms with Crippen LogP contribution in [0.1, 0.15) is 32.8 Å². The van der Waals surface area contributed by atoms with E-state index in [-0.39, 0.29) is 5.70 Å². The molecule has 8 nitrogen and oxygen atoms in total. The van der Waals surface area contributed by atoms with Gasteiger partial charge in [0, 0.05) is 12.5 Å². The van der Waals surface area contributed by atoms with Gasteiger partial charge in [-0.2, -0.15) is 0 Å². The lowest BCUT2D eigenvalue weighted by atomic mass is 10.1. The van der Waals surface area contributed by atoms with Gasteiger partial charge in [0.2, 0.25) is 5.75 Å². The van der Waals surface area contributed by atoms with E-state index in [1.807, 2.05) is 6.92 Å². The fourth-order valence-corrected chi connectivity index (χ4v) is 2.72. The number of hydrogen-bond acceptors (Lipinski definition) is 7. The highest BCUT2D eigenvalue weighted by atomic mass is 16.7. The summed E-state index contributed by atoms with van der Waals surface area (Å²) < 4.78 is 16.1. The summed E-state index contributed by atoms with van der Waals surface area (Å²) >= 11 is 0. The molecule has 0 aromatic heterocycles. The summed E-state index contributed by atoms with van der Waals surface area (Å²) in [6.45, 7) is 4.92. The van der Waals surface area contributed by atoms with Gasteiger partial charge in [-0.1, -0.05) is 6.92 Å². The molecule has 1 heterocycles. The van der Waals surface area contributed by atoms with E-state index in [1.165, 1.54) is 28.3 Å². The van der Waals surface area contributed by atoms with Gasteiger partial charge in [0.25, 0.3) is 0 Å². The van der Waals surface area contributed by atoms with Crippen molar-refractivity contribution in [3.8, 4) is 17.2 Å². The zero-order valence-corrected chi connectivity index (χ0v) is 15.8. The second kappa shape index (κ2) is 7.55. The summed E-state index contributed by atoms with van der Waals surface area (Å²) in [4.78, 5) is 29.2. The minimum atomic E-state index is -0.835. The third kappa shape index (κ3) is 3.40. The Morgan fingerprint density at radius 1 is 1.19 bits per heavy atom. The van der Waals surface area contributed by atoms with Crippen molar-refractivity contribution in [1.82, 2.24) is 10.4 Å². The van der Waals surface area contributed by atoms with Crippen molar-refractivity contribution in [2.75, 3.05) is 21.3 Å². The minimum absolute atomic E-state index is 0.279. The quantitative estimate of drug-likeness (QED) is 0.774. The number of hydrogen-bond donors (Lipinski definition) is 1. The lowest BCUT2D eigenvalue weighted by Crippen LogP contribution is -2.49. The standard InChI is InChI=1S/C18H24N2O6/c1-7-18(3)19-13(17(22)20(18)26-11(2)21)10-12-8-9-14(23-4)16(25-6)15(12)24-5/h8-10,19H,7H2,1-6H3/b13-10-. The molecule has 1 amide bonds. The largest absolute Gasteiger partial charge is 0.493 e. The van der Waals surface area contributed by atoms with Gasteiger partial charge in [-0.15, -0.1) is 5.06 Å². The van der Waals surface area contributed by atoms with E-state index in [9.17, 15) is 9.59 Å². The van der Waals surface area contributed by atoms with Crippen LogP contribution in [-0.4, -0.2) is 43.9 Å². The van der Waals surface area contributed by atoms with Crippen LogP contribution in [0.3, 0.4) is 0 Å². The first kappa shape index (κ1) is 19.4. The van der Waals surface area contributed by atoms with Crippen molar-refractivity contribution in [3.63, 3.8) is 0 Å². The fraction of sp³-hybridized carbons (Fsp3) is 0.444. The maximum absolute atomic E-state index is 12.7. The highest BCUT2D eigenvalue weighted by molar-refractivity contribution is 6.00. The van der Waals surface area contributed by atoms with Gasteiger partial charge in [0.1, 0.15) is 11.4 Å². The van der Waals surface area contributed by atoms with Crippen molar-refractivity contribution < 1.29 is 28.6 Å². The molecule has 1 unspecified atom stereocenters. The van der Waals surface area contributed by atoms with Crippen LogP contribution in [0, 0.1) is 0 Å². The Morgan fingerprint density at radius 3 is 2.35 bits per heavy atom. The Labute approximate surface area is 152 Å². The Bertz CT molecular complexity index is 745. The molecule has 1 N–H and O–H groups in total. The number of methoxy groups -OCH3 is 3. The molecule has 1 aliphatic heterocycles. The summed E-state index contributed by atoms with van der Waals surface area (Å²) in [6, 6.07) is 3.47. The third-order valence-corrected chi connectivity index (χ3v) is 4.21. The number of benzene rings is 1. The number of carbonyl (C=O) groups is 2. The van der Waals surface area contributed by atoms with Crippen molar-refractivity contribution in [3.05, 3.63) is 23.4 Å². The van der Waals surface area contributed by atoms with Crippen LogP contribution in [-0.2, 0) is 14.4 Å². The van der Waals surface area contributed by atoms with Crippen LogP contribution in [0.25, 0.3) is 6.08 Å². The summed E-state index contributed by atoms with van der Waals surface area (Å²) in [5.74, 6) is 0.353. The number of carbonyl (C=O) groups excluding carboxylic acids is 2. The topological polar surface area (TPSA) is 86.3 Å². The lowest BCUT2D eigenvalue weighted by Gasteiger charge is -2.30. The molecule has 0 aliphatic carbocycles. The molecule has 1 saturated heterocycles. The highest BCUT2D eigenvalue weighted by Crippen LogP contribution is 2.41. The molecule has 0 saturated carbocycles. The molecule has 1 aromatic rings. The van der Waals surface area contributed by atoms with Crippen LogP contribution in [0.5, 0.6) is 17.2 Å². The lowest BCUT2D eigenvalue weighted by molar-refractivity contribution is -0.211. The molecule has 1 aromatic carbocycles. The maximum Gasteiger partial charge on any atom is 0.329 e. The van der Waals surface area contributed by atoms with E-state index in [0.29, 0.717) is 29.2 Å². The first-order valence-electron chi connectivity index (χ1n) is 8.13. The van der Waals surface area contributed by atoms with Crippen LogP contribution in [0.4, 0.5) is 0 Å². The summed E-state index contributed by atoms with van der Waals surface area (Å²) in [7, 11) is 4.54. The molecule has 8 heteroatoms. The first-order chi connectivity index (χ1) is 12.3. The van der Waals surface area contributed by atoms with E-state index in [2.05, 4.69) is 5.32 Å². The number of ether oxygens (including phenoxy) is 3. The third-order valence-electron chi connectivity index (χ3n) is 4.21. The van der Waals surface area contributed by atoms with Crippen molar-refractivity contribution in [1.29, 1.82) is 0 Å². The Balaban J connectivity index is 2.50. The number of nitrogens with zero attached hydrogens (tertiary/aromatic N) is 1. The van der Waals surface area contributed by atoms with E-state index in [4.69, 9.17) is 19.0 Å². The smallest absolute Gasteiger partial charge is 0.329 e. The Hall–Kier alpha value is -2.90. The average Bonchev–Trinajstić information content (AvgIpc) is 2.85. The SMILES string of the molecule is CCC1(C)N/C(=C\c2ccc(OC)c(OC)c2OC)C(=O)N1OC(C)=O. The van der Waals surface area contributed by atoms with Crippen molar-refractivity contribution >= 4 is 18.0 Å². The Kier molecular flexibility index (Phi) is 5.64. The second-order valence-corrected chi connectivity index (χ2v) is 5.92. The fourth-order valence-electron chi connectivity index (χ4n) is 2.72. The van der Waals surface area contributed by atoms with Gasteiger partial charge in [-0.3, -0.25) is 9.59 Å². The zero-order chi connectivity index (χ0) is 19.5. The predicted octanol–water partition coefficient (Wildman–Crippen LogP) is 2.09. The molecular weight excluding hydrogens is 340 g/mol. The van der Waals surface area contributed by atoms with Crippen molar-refractivity contribution in [2.24, 2.45) is 0 Å². The summed E-state index contributed by atoms with van der Waals surface area (Å²) in [6.07, 6.45) is 2.16. The number of hydroxylamine groups is 2. The van der Waals surface area contributed by atoms with E-state index < -0.39 is 17.5 Å². The number of rotatable bonds is 6. The molecule has 0 radical (unpaired) electrons. The molecular formula is C18H24N2O6. The Morgan fingerprint density at radius 2 is 1.85 bits per heavy atom. The molecule has 1 fully saturated rings. The maximum atomic E-state index is 12.7. The number of nitrogens with one attached hydrogen (secondary N) is 1. The van der Waals surface area contributed by atoms with Crippen molar-refractivity contribution in [2.45, 2.75) is 32.9 Å².